The molecular weight excluding hydrogens is 396 g/mol. The third-order valence-corrected chi connectivity index (χ3v) is 5.85. The fourth-order valence-electron chi connectivity index (χ4n) is 1.65. The average Bonchev–Trinajstić information content (AvgIpc) is 2.67. The van der Waals surface area contributed by atoms with Crippen molar-refractivity contribution < 1.29 is 17.7 Å². The van der Waals surface area contributed by atoms with Crippen molar-refractivity contribution in [3.8, 4) is 0 Å². The van der Waals surface area contributed by atoms with Gasteiger partial charge in [-0.25, -0.2) is 0 Å². The van der Waals surface area contributed by atoms with Crippen molar-refractivity contribution in [1.29, 1.82) is 0 Å². The van der Waals surface area contributed by atoms with Crippen molar-refractivity contribution in [3.05, 3.63) is 46.6 Å². The van der Waals surface area contributed by atoms with Crippen LogP contribution in [0.15, 0.2) is 46.6 Å². The first-order valence-corrected chi connectivity index (χ1v) is 9.25. The van der Waals surface area contributed by atoms with Crippen LogP contribution < -0.4 is 0 Å². The third-order valence-electron chi connectivity index (χ3n) is 2.40. The van der Waals surface area contributed by atoms with Gasteiger partial charge in [-0.2, -0.15) is 0 Å². The summed E-state index contributed by atoms with van der Waals surface area (Å²) in [5, 5.41) is 0. The van der Waals surface area contributed by atoms with E-state index in [1.165, 1.54) is 32.1 Å². The quantitative estimate of drug-likeness (QED) is 0.468. The molecule has 0 nitrogen and oxygen atoms in total. The van der Waals surface area contributed by atoms with Crippen LogP contribution in [-0.4, -0.2) is 0 Å². The van der Waals surface area contributed by atoms with Crippen LogP contribution in [0, 0.1) is 0 Å². The van der Waals surface area contributed by atoms with Gasteiger partial charge in [0, 0.05) is 0 Å². The second kappa shape index (κ2) is 8.67. The molecule has 0 aliphatic heterocycles. The van der Waals surface area contributed by atoms with Crippen LogP contribution in [0.4, 0.5) is 0 Å². The van der Waals surface area contributed by atoms with Crippen LogP contribution in [0.5, 0.6) is 0 Å². The molecule has 0 fully saturated rings. The van der Waals surface area contributed by atoms with E-state index in [-0.39, 0.29) is 17.7 Å². The van der Waals surface area contributed by atoms with Gasteiger partial charge >= 0.3 is 71.1 Å². The maximum absolute atomic E-state index is 2.34. The van der Waals surface area contributed by atoms with E-state index in [0.717, 1.165) is 0 Å². The van der Waals surface area contributed by atoms with Gasteiger partial charge in [-0.15, -0.1) is 0 Å². The normalized spacial score (nSPS) is 22.5. The average molecular weight is 423 g/mol. The first kappa shape index (κ1) is 15.7. The third kappa shape index (κ3) is 8.66. The van der Waals surface area contributed by atoms with Gasteiger partial charge in [0.15, 0.2) is 0 Å². The summed E-state index contributed by atoms with van der Waals surface area (Å²) >= 11 is 0.146. The zero-order valence-corrected chi connectivity index (χ0v) is 14.3. The molecule has 1 heteroatoms. The second-order valence-corrected chi connectivity index (χ2v) is 11.1. The van der Waals surface area contributed by atoms with Crippen LogP contribution in [0.2, 0.25) is 3.93 Å². The summed E-state index contributed by atoms with van der Waals surface area (Å²) in [4.78, 5) is 0. The summed E-state index contributed by atoms with van der Waals surface area (Å²) in [6, 6.07) is 0. The van der Waals surface area contributed by atoms with E-state index in [1.807, 2.05) is 0 Å². The molecule has 0 saturated carbocycles. The first-order chi connectivity index (χ1) is 8.58. The van der Waals surface area contributed by atoms with E-state index in [1.54, 1.807) is 4.09 Å². The Hall–Kier alpha value is -0.391. The van der Waals surface area contributed by atoms with Crippen molar-refractivity contribution in [1.82, 2.24) is 0 Å². The summed E-state index contributed by atoms with van der Waals surface area (Å²) in [7, 11) is 0. The molecule has 2 aliphatic carbocycles. The molecule has 0 unspecified atom stereocenters. The number of hydrogen-bond acceptors (Lipinski definition) is 0. The van der Waals surface area contributed by atoms with Crippen molar-refractivity contribution in [2.45, 2.75) is 56.8 Å². The molecule has 0 bridgehead atoms. The van der Waals surface area contributed by atoms with E-state index < -0.39 is 0 Å². The Labute approximate surface area is 121 Å². The van der Waals surface area contributed by atoms with Crippen LogP contribution >= 0.6 is 0 Å². The molecule has 0 heterocycles. The van der Waals surface area contributed by atoms with Crippen LogP contribution in [-0.2, 0) is 17.7 Å². The Morgan fingerprint density at radius 1 is 0.833 bits per heavy atom. The predicted octanol–water partition coefficient (Wildman–Crippen LogP) is 5.80. The summed E-state index contributed by atoms with van der Waals surface area (Å²) in [5.41, 5.74) is 0. The number of allylic oxidation sites excluding steroid dienone is 8. The first-order valence-electron chi connectivity index (χ1n) is 6.85. The molecule has 0 amide bonds. The summed E-state index contributed by atoms with van der Waals surface area (Å²) < 4.78 is 2.28. The van der Waals surface area contributed by atoms with Gasteiger partial charge in [0.25, 0.3) is 0 Å². The molecule has 103 valence electrons. The van der Waals surface area contributed by atoms with Crippen LogP contribution in [0.1, 0.15) is 52.9 Å². The van der Waals surface area contributed by atoms with Crippen molar-refractivity contribution in [2.24, 2.45) is 0 Å². The maximum atomic E-state index is 2.34. The van der Waals surface area contributed by atoms with Gasteiger partial charge in [-0.3, -0.25) is 0 Å². The molecule has 0 atom stereocenters. The fraction of sp³-hybridized carbons (Fsp3) is 0.529. The molecule has 0 saturated heterocycles. The van der Waals surface area contributed by atoms with Crippen molar-refractivity contribution >= 4 is 0 Å². The minimum atomic E-state index is 0.146. The topological polar surface area (TPSA) is 0 Å². The molecule has 0 aromatic carbocycles. The standard InChI is InChI=1S/C8H12.C5H5.C4H9.Ir/c1-2-4-6-8-7-5-3-1;1-2-4-5-3-1;1-4(2)3;/h1-2,7-8H,3-6H2;1-3H,4H2;1-3H3;/b2-1-,8-7-;;;. The van der Waals surface area contributed by atoms with E-state index in [4.69, 9.17) is 0 Å². The molecule has 0 spiro atoms. The Bertz CT molecular complexity index is 311. The summed E-state index contributed by atoms with van der Waals surface area (Å²) in [6.45, 7) is 7.02. The monoisotopic (exact) mass is 423 g/mol. The molecular formula is C17H26Ir. The van der Waals surface area contributed by atoms with Gasteiger partial charge < -0.3 is 0 Å². The van der Waals surface area contributed by atoms with E-state index in [0.29, 0.717) is 3.93 Å². The Morgan fingerprint density at radius 2 is 1.33 bits per heavy atom. The van der Waals surface area contributed by atoms with Gasteiger partial charge in [0.05, 0.1) is 0 Å². The predicted molar refractivity (Wildman–Crippen MR) is 78.3 cm³/mol. The molecule has 18 heavy (non-hydrogen) atoms. The molecule has 0 N–H and O–H groups in total. The van der Waals surface area contributed by atoms with E-state index >= 15 is 0 Å². The second-order valence-electron chi connectivity index (χ2n) is 5.40. The fourth-order valence-corrected chi connectivity index (χ4v) is 4.91. The zero-order chi connectivity index (χ0) is 13.3. The SMILES string of the molecule is C1=C\CC/C=C\CC/1.C[C](C)(C)[Ir][C]1=CC=CC1. The molecule has 0 aromatic heterocycles. The zero-order valence-electron chi connectivity index (χ0n) is 11.9. The van der Waals surface area contributed by atoms with Crippen molar-refractivity contribution in [2.75, 3.05) is 0 Å². The molecule has 0 aromatic rings. The van der Waals surface area contributed by atoms with Gasteiger partial charge in [0.2, 0.25) is 0 Å². The molecule has 0 radical (unpaired) electrons. The molecule has 2 rings (SSSR count). The summed E-state index contributed by atoms with van der Waals surface area (Å²) in [5.74, 6) is 0. The van der Waals surface area contributed by atoms with E-state index in [2.05, 4.69) is 63.3 Å². The van der Waals surface area contributed by atoms with Crippen LogP contribution in [0.25, 0.3) is 0 Å². The van der Waals surface area contributed by atoms with Crippen LogP contribution in [0.3, 0.4) is 0 Å². The molecule has 2 aliphatic rings. The Balaban J connectivity index is 0.000000184. The van der Waals surface area contributed by atoms with Crippen molar-refractivity contribution in [3.63, 3.8) is 0 Å². The van der Waals surface area contributed by atoms with E-state index in [9.17, 15) is 0 Å². The Morgan fingerprint density at radius 3 is 1.67 bits per heavy atom. The number of hydrogen-bond donors (Lipinski definition) is 0. The number of rotatable bonds is 1. The van der Waals surface area contributed by atoms with Gasteiger partial charge in [0.1, 0.15) is 0 Å². The summed E-state index contributed by atoms with van der Waals surface area (Å²) in [6.07, 6.45) is 22.0. The van der Waals surface area contributed by atoms with Gasteiger partial charge in [-0.05, 0) is 25.7 Å². The van der Waals surface area contributed by atoms with Gasteiger partial charge in [-0.1, -0.05) is 24.3 Å². The Kier molecular flexibility index (Phi) is 7.54. The minimum absolute atomic E-state index is 0.146.